The van der Waals surface area contributed by atoms with Crippen LogP contribution in [0.2, 0.25) is 5.02 Å². The lowest BCUT2D eigenvalue weighted by atomic mass is 10.1. The molecule has 2 N–H and O–H groups in total. The number of nitrogens with zero attached hydrogens (tertiary/aromatic N) is 2. The summed E-state index contributed by atoms with van der Waals surface area (Å²) in [5.74, 6) is 0.525. The molecule has 0 aliphatic carbocycles. The number of guanidine groups is 1. The van der Waals surface area contributed by atoms with E-state index < -0.39 is 0 Å². The number of halogens is 2. The van der Waals surface area contributed by atoms with Gasteiger partial charge in [-0.25, -0.2) is 0 Å². The lowest BCUT2D eigenvalue weighted by Gasteiger charge is -2.27. The number of anilines is 1. The molecule has 1 aliphatic rings. The number of benzene rings is 2. The van der Waals surface area contributed by atoms with E-state index in [2.05, 4.69) is 33.1 Å². The second kappa shape index (κ2) is 5.46. The van der Waals surface area contributed by atoms with Gasteiger partial charge in [0.15, 0.2) is 5.96 Å². The summed E-state index contributed by atoms with van der Waals surface area (Å²) in [7, 11) is 0. The first-order valence-corrected chi connectivity index (χ1v) is 7.42. The van der Waals surface area contributed by atoms with Crippen LogP contribution in [0.4, 0.5) is 5.69 Å². The predicted molar refractivity (Wildman–Crippen MR) is 87.3 cm³/mol. The molecular weight excluding hydrogens is 338 g/mol. The highest BCUT2D eigenvalue weighted by molar-refractivity contribution is 9.10. The molecule has 1 aliphatic heterocycles. The second-order valence-corrected chi connectivity index (χ2v) is 5.97. The summed E-state index contributed by atoms with van der Waals surface area (Å²) in [6.45, 7) is 0.648. The molecule has 0 fully saturated rings. The van der Waals surface area contributed by atoms with E-state index in [-0.39, 0.29) is 6.04 Å². The van der Waals surface area contributed by atoms with Crippen molar-refractivity contribution in [2.45, 2.75) is 6.04 Å². The Morgan fingerprint density at radius 2 is 2.00 bits per heavy atom. The fraction of sp³-hybridized carbons (Fsp3) is 0.133. The van der Waals surface area contributed by atoms with E-state index in [0.29, 0.717) is 17.5 Å². The van der Waals surface area contributed by atoms with Gasteiger partial charge in [0.25, 0.3) is 0 Å². The highest BCUT2D eigenvalue weighted by atomic mass is 79.9. The zero-order valence-corrected chi connectivity index (χ0v) is 13.0. The molecule has 2 aromatic rings. The fourth-order valence-corrected chi connectivity index (χ4v) is 3.01. The molecule has 0 amide bonds. The van der Waals surface area contributed by atoms with Crippen molar-refractivity contribution in [3.63, 3.8) is 0 Å². The number of hydrogen-bond donors (Lipinski definition) is 1. The van der Waals surface area contributed by atoms with Crippen LogP contribution in [-0.2, 0) is 0 Å². The minimum absolute atomic E-state index is 0.103. The van der Waals surface area contributed by atoms with Gasteiger partial charge in [0.2, 0.25) is 0 Å². The van der Waals surface area contributed by atoms with E-state index in [0.717, 1.165) is 10.2 Å². The first kappa shape index (κ1) is 13.5. The molecule has 0 spiro atoms. The van der Waals surface area contributed by atoms with E-state index in [4.69, 9.17) is 17.3 Å². The maximum absolute atomic E-state index is 6.08. The van der Waals surface area contributed by atoms with Gasteiger partial charge in [-0.15, -0.1) is 0 Å². The topological polar surface area (TPSA) is 41.6 Å². The maximum atomic E-state index is 6.08. The summed E-state index contributed by atoms with van der Waals surface area (Å²) >= 11 is 9.58. The van der Waals surface area contributed by atoms with Crippen LogP contribution in [0.25, 0.3) is 0 Å². The largest absolute Gasteiger partial charge is 0.369 e. The lowest BCUT2D eigenvalue weighted by molar-refractivity contribution is 0.768. The van der Waals surface area contributed by atoms with E-state index >= 15 is 0 Å². The lowest BCUT2D eigenvalue weighted by Crippen LogP contribution is -2.36. The van der Waals surface area contributed by atoms with Gasteiger partial charge in [-0.05, 0) is 35.9 Å². The summed E-state index contributed by atoms with van der Waals surface area (Å²) in [6.07, 6.45) is 0. The average molecular weight is 351 g/mol. The Labute approximate surface area is 131 Å². The van der Waals surface area contributed by atoms with Crippen LogP contribution in [0.5, 0.6) is 0 Å². The third kappa shape index (κ3) is 2.53. The van der Waals surface area contributed by atoms with Crippen molar-refractivity contribution in [2.24, 2.45) is 10.7 Å². The van der Waals surface area contributed by atoms with Crippen LogP contribution < -0.4 is 10.6 Å². The van der Waals surface area contributed by atoms with Crippen molar-refractivity contribution in [1.82, 2.24) is 0 Å². The normalized spacial score (nSPS) is 18.2. The summed E-state index contributed by atoms with van der Waals surface area (Å²) in [5, 5.41) is 0.690. The quantitative estimate of drug-likeness (QED) is 0.890. The third-order valence-corrected chi connectivity index (χ3v) is 4.03. The fourth-order valence-electron chi connectivity index (χ4n) is 2.40. The van der Waals surface area contributed by atoms with Crippen molar-refractivity contribution in [3.8, 4) is 0 Å². The Bertz CT molecular complexity index is 672. The predicted octanol–water partition coefficient (Wildman–Crippen LogP) is 3.98. The van der Waals surface area contributed by atoms with E-state index in [9.17, 15) is 0 Å². The highest BCUT2D eigenvalue weighted by Crippen LogP contribution is 2.33. The number of aliphatic imine (C=N–C) groups is 1. The van der Waals surface area contributed by atoms with Gasteiger partial charge < -0.3 is 10.6 Å². The average Bonchev–Trinajstić information content (AvgIpc) is 2.80. The van der Waals surface area contributed by atoms with Gasteiger partial charge in [-0.3, -0.25) is 4.99 Å². The molecule has 1 unspecified atom stereocenters. The van der Waals surface area contributed by atoms with Crippen LogP contribution in [0, 0.1) is 0 Å². The Morgan fingerprint density at radius 3 is 2.75 bits per heavy atom. The van der Waals surface area contributed by atoms with Crippen molar-refractivity contribution >= 4 is 39.2 Å². The molecule has 102 valence electrons. The number of hydrogen-bond acceptors (Lipinski definition) is 3. The second-order valence-electron chi connectivity index (χ2n) is 4.62. The molecule has 2 aromatic carbocycles. The van der Waals surface area contributed by atoms with E-state index in [1.807, 2.05) is 41.3 Å². The molecular formula is C15H13BrClN3. The van der Waals surface area contributed by atoms with Crippen molar-refractivity contribution in [2.75, 3.05) is 11.4 Å². The molecule has 0 aromatic heterocycles. The number of nitrogens with two attached hydrogens (primary N) is 1. The van der Waals surface area contributed by atoms with E-state index in [1.165, 1.54) is 5.56 Å². The van der Waals surface area contributed by atoms with Crippen LogP contribution in [0.15, 0.2) is 58.0 Å². The van der Waals surface area contributed by atoms with Crippen LogP contribution in [0.3, 0.4) is 0 Å². The Hall–Kier alpha value is -1.52. The van der Waals surface area contributed by atoms with E-state index in [1.54, 1.807) is 0 Å². The molecule has 0 saturated carbocycles. The SMILES string of the molecule is NC1=NCC(c2cccc(Br)c2)N1c1cccc(Cl)c1. The van der Waals surface area contributed by atoms with Crippen LogP contribution in [-0.4, -0.2) is 12.5 Å². The van der Waals surface area contributed by atoms with Gasteiger partial charge in [-0.1, -0.05) is 45.7 Å². The standard InChI is InChI=1S/C15H13BrClN3/c16-11-4-1-3-10(7-11)14-9-19-15(18)20(14)13-6-2-5-12(17)8-13/h1-8,14H,9H2,(H2,18,19). The van der Waals surface area contributed by atoms with Gasteiger partial charge in [-0.2, -0.15) is 0 Å². The first-order valence-electron chi connectivity index (χ1n) is 6.25. The summed E-state index contributed by atoms with van der Waals surface area (Å²) in [5.41, 5.74) is 8.18. The Balaban J connectivity index is 2.00. The minimum Gasteiger partial charge on any atom is -0.369 e. The van der Waals surface area contributed by atoms with Gasteiger partial charge in [0, 0.05) is 15.2 Å². The Kier molecular flexibility index (Phi) is 3.68. The van der Waals surface area contributed by atoms with Gasteiger partial charge in [0.05, 0.1) is 12.6 Å². The minimum atomic E-state index is 0.103. The summed E-state index contributed by atoms with van der Waals surface area (Å²) in [4.78, 5) is 6.39. The van der Waals surface area contributed by atoms with Crippen molar-refractivity contribution < 1.29 is 0 Å². The molecule has 0 bridgehead atoms. The van der Waals surface area contributed by atoms with Crippen LogP contribution in [0.1, 0.15) is 11.6 Å². The first-order chi connectivity index (χ1) is 9.65. The molecule has 1 heterocycles. The smallest absolute Gasteiger partial charge is 0.196 e. The highest BCUT2D eigenvalue weighted by Gasteiger charge is 2.28. The molecule has 3 nitrogen and oxygen atoms in total. The maximum Gasteiger partial charge on any atom is 0.196 e. The molecule has 20 heavy (non-hydrogen) atoms. The van der Waals surface area contributed by atoms with Crippen molar-refractivity contribution in [1.29, 1.82) is 0 Å². The zero-order valence-electron chi connectivity index (χ0n) is 10.6. The molecule has 0 saturated heterocycles. The molecule has 1 atom stereocenters. The van der Waals surface area contributed by atoms with Crippen LogP contribution >= 0.6 is 27.5 Å². The van der Waals surface area contributed by atoms with Gasteiger partial charge >= 0.3 is 0 Å². The van der Waals surface area contributed by atoms with Gasteiger partial charge in [0.1, 0.15) is 0 Å². The molecule has 3 rings (SSSR count). The third-order valence-electron chi connectivity index (χ3n) is 3.30. The monoisotopic (exact) mass is 349 g/mol. The zero-order chi connectivity index (χ0) is 14.1. The van der Waals surface area contributed by atoms with Crippen molar-refractivity contribution in [3.05, 3.63) is 63.6 Å². The number of rotatable bonds is 2. The summed E-state index contributed by atoms with van der Waals surface area (Å²) in [6, 6.07) is 16.0. The summed E-state index contributed by atoms with van der Waals surface area (Å²) < 4.78 is 1.05. The molecule has 0 radical (unpaired) electrons. The molecule has 5 heteroatoms. The Morgan fingerprint density at radius 1 is 1.20 bits per heavy atom.